The fraction of sp³-hybridized carbons (Fsp3) is 0.909. The monoisotopic (exact) mass is 249 g/mol. The highest BCUT2D eigenvalue weighted by Crippen LogP contribution is 2.14. The molecule has 3 atom stereocenters. The van der Waals surface area contributed by atoms with Crippen LogP contribution >= 0.6 is 11.8 Å². The number of carbonyl (C=O) groups is 1. The topological polar surface area (TPSA) is 58.6 Å². The van der Waals surface area contributed by atoms with Gasteiger partial charge in [-0.25, -0.2) is 0 Å². The van der Waals surface area contributed by atoms with E-state index in [9.17, 15) is 9.90 Å². The van der Waals surface area contributed by atoms with Gasteiger partial charge in [0.15, 0.2) is 0 Å². The highest BCUT2D eigenvalue weighted by atomic mass is 32.2. The van der Waals surface area contributed by atoms with E-state index in [2.05, 4.69) is 10.1 Å². The van der Waals surface area contributed by atoms with Crippen molar-refractivity contribution in [2.45, 2.75) is 44.1 Å². The molecule has 0 aliphatic heterocycles. The molecular weight excluding hydrogens is 226 g/mol. The second kappa shape index (κ2) is 8.84. The predicted molar refractivity (Wildman–Crippen MR) is 67.7 cm³/mol. The van der Waals surface area contributed by atoms with Crippen LogP contribution in [0.15, 0.2) is 0 Å². The van der Waals surface area contributed by atoms with Gasteiger partial charge in [-0.2, -0.15) is 11.8 Å². The summed E-state index contributed by atoms with van der Waals surface area (Å²) in [6, 6.07) is -0.325. The Morgan fingerprint density at radius 3 is 2.62 bits per heavy atom. The number of ether oxygens (including phenoxy) is 1. The van der Waals surface area contributed by atoms with E-state index in [1.807, 2.05) is 13.2 Å². The maximum atomic E-state index is 11.2. The molecule has 0 aliphatic carbocycles. The summed E-state index contributed by atoms with van der Waals surface area (Å²) in [6.45, 7) is 4.42. The average molecular weight is 249 g/mol. The molecule has 0 unspecified atom stereocenters. The number of carbonyl (C=O) groups excluding carboxylic acids is 1. The number of aliphatic hydroxyl groups is 1. The zero-order valence-corrected chi connectivity index (χ0v) is 11.3. The molecule has 0 aliphatic rings. The number of hydrogen-bond donors (Lipinski definition) is 2. The van der Waals surface area contributed by atoms with Gasteiger partial charge in [-0.05, 0) is 19.6 Å². The lowest BCUT2D eigenvalue weighted by Gasteiger charge is -2.22. The standard InChI is InChI=1S/C11H23NO3S/c1-5-6-9(13)10(16-4)7-12-8(2)11(14)15-3/h8-10,12-13H,5-7H2,1-4H3/t8-,9-,10-/m0/s1. The Morgan fingerprint density at radius 2 is 2.19 bits per heavy atom. The Labute approximate surface area is 102 Å². The van der Waals surface area contributed by atoms with Crippen LogP contribution < -0.4 is 5.32 Å². The van der Waals surface area contributed by atoms with E-state index >= 15 is 0 Å². The summed E-state index contributed by atoms with van der Waals surface area (Å²) >= 11 is 1.61. The fourth-order valence-electron chi connectivity index (χ4n) is 1.41. The Hall–Kier alpha value is -0.260. The van der Waals surface area contributed by atoms with Gasteiger partial charge in [0.1, 0.15) is 6.04 Å². The van der Waals surface area contributed by atoms with E-state index in [1.54, 1.807) is 18.7 Å². The molecule has 0 saturated carbocycles. The molecule has 0 spiro atoms. The molecule has 2 N–H and O–H groups in total. The van der Waals surface area contributed by atoms with E-state index in [-0.39, 0.29) is 23.4 Å². The van der Waals surface area contributed by atoms with Crippen molar-refractivity contribution in [1.82, 2.24) is 5.32 Å². The van der Waals surface area contributed by atoms with Gasteiger partial charge in [-0.15, -0.1) is 0 Å². The zero-order chi connectivity index (χ0) is 12.6. The molecule has 0 heterocycles. The molecule has 0 amide bonds. The molecule has 0 saturated heterocycles. The minimum atomic E-state index is -0.325. The molecule has 0 aromatic rings. The summed E-state index contributed by atoms with van der Waals surface area (Å²) in [5, 5.41) is 13.0. The van der Waals surface area contributed by atoms with Crippen molar-refractivity contribution in [2.75, 3.05) is 19.9 Å². The number of esters is 1. The lowest BCUT2D eigenvalue weighted by Crippen LogP contribution is -2.42. The normalized spacial score (nSPS) is 16.6. The third-order valence-electron chi connectivity index (χ3n) is 2.50. The van der Waals surface area contributed by atoms with E-state index in [4.69, 9.17) is 0 Å². The molecule has 96 valence electrons. The molecule has 0 aromatic carbocycles. The molecule has 5 heteroatoms. The van der Waals surface area contributed by atoms with Crippen LogP contribution in [0.3, 0.4) is 0 Å². The van der Waals surface area contributed by atoms with Crippen LogP contribution in [0.1, 0.15) is 26.7 Å². The van der Waals surface area contributed by atoms with E-state index in [1.165, 1.54) is 7.11 Å². The van der Waals surface area contributed by atoms with Gasteiger partial charge in [0.05, 0.1) is 13.2 Å². The maximum Gasteiger partial charge on any atom is 0.322 e. The number of methoxy groups -OCH3 is 1. The summed E-state index contributed by atoms with van der Waals surface area (Å²) < 4.78 is 4.62. The van der Waals surface area contributed by atoms with Crippen LogP contribution in [0.2, 0.25) is 0 Å². The average Bonchev–Trinajstić information content (AvgIpc) is 2.28. The van der Waals surface area contributed by atoms with Crippen molar-refractivity contribution in [1.29, 1.82) is 0 Å². The van der Waals surface area contributed by atoms with Crippen LogP contribution in [0.25, 0.3) is 0 Å². The van der Waals surface area contributed by atoms with Crippen LogP contribution in [-0.2, 0) is 9.53 Å². The third kappa shape index (κ3) is 5.72. The van der Waals surface area contributed by atoms with Crippen LogP contribution in [-0.4, -0.2) is 48.4 Å². The van der Waals surface area contributed by atoms with Gasteiger partial charge in [0, 0.05) is 11.8 Å². The summed E-state index contributed by atoms with van der Waals surface area (Å²) in [7, 11) is 1.37. The summed E-state index contributed by atoms with van der Waals surface area (Å²) in [6.07, 6.45) is 3.40. The van der Waals surface area contributed by atoms with Crippen molar-refractivity contribution in [2.24, 2.45) is 0 Å². The molecule has 4 nitrogen and oxygen atoms in total. The number of hydrogen-bond acceptors (Lipinski definition) is 5. The maximum absolute atomic E-state index is 11.2. The summed E-state index contributed by atoms with van der Waals surface area (Å²) in [5.41, 5.74) is 0. The van der Waals surface area contributed by atoms with Gasteiger partial charge in [-0.1, -0.05) is 13.3 Å². The number of aliphatic hydroxyl groups excluding tert-OH is 1. The molecule has 0 aromatic heterocycles. The molecule has 0 bridgehead atoms. The molecule has 0 radical (unpaired) electrons. The van der Waals surface area contributed by atoms with Crippen LogP contribution in [0, 0.1) is 0 Å². The van der Waals surface area contributed by atoms with Gasteiger partial charge in [0.25, 0.3) is 0 Å². The first kappa shape index (κ1) is 15.7. The molecule has 0 fully saturated rings. The van der Waals surface area contributed by atoms with Crippen LogP contribution in [0.4, 0.5) is 0 Å². The second-order valence-electron chi connectivity index (χ2n) is 3.78. The lowest BCUT2D eigenvalue weighted by molar-refractivity contribution is -0.142. The van der Waals surface area contributed by atoms with E-state index in [0.717, 1.165) is 12.8 Å². The van der Waals surface area contributed by atoms with Gasteiger partial charge < -0.3 is 15.2 Å². The predicted octanol–water partition coefficient (Wildman–Crippen LogP) is 1.03. The summed E-state index contributed by atoms with van der Waals surface area (Å²) in [5.74, 6) is -0.273. The minimum Gasteiger partial charge on any atom is -0.468 e. The Morgan fingerprint density at radius 1 is 1.56 bits per heavy atom. The van der Waals surface area contributed by atoms with E-state index < -0.39 is 0 Å². The molecule has 16 heavy (non-hydrogen) atoms. The first-order valence-electron chi connectivity index (χ1n) is 5.58. The fourth-order valence-corrected chi connectivity index (χ4v) is 2.12. The number of thioether (sulfide) groups is 1. The van der Waals surface area contributed by atoms with Gasteiger partial charge in [0.2, 0.25) is 0 Å². The minimum absolute atomic E-state index is 0.118. The number of nitrogens with one attached hydrogen (secondary N) is 1. The van der Waals surface area contributed by atoms with Crippen molar-refractivity contribution in [3.8, 4) is 0 Å². The highest BCUT2D eigenvalue weighted by molar-refractivity contribution is 7.99. The highest BCUT2D eigenvalue weighted by Gasteiger charge is 2.20. The van der Waals surface area contributed by atoms with Crippen molar-refractivity contribution < 1.29 is 14.6 Å². The van der Waals surface area contributed by atoms with Gasteiger partial charge >= 0.3 is 5.97 Å². The Kier molecular flexibility index (Phi) is 8.70. The van der Waals surface area contributed by atoms with E-state index in [0.29, 0.717) is 6.54 Å². The second-order valence-corrected chi connectivity index (χ2v) is 4.86. The quantitative estimate of drug-likeness (QED) is 0.629. The van der Waals surface area contributed by atoms with Crippen molar-refractivity contribution in [3.63, 3.8) is 0 Å². The van der Waals surface area contributed by atoms with Crippen molar-refractivity contribution >= 4 is 17.7 Å². The molecular formula is C11H23NO3S. The lowest BCUT2D eigenvalue weighted by atomic mass is 10.1. The van der Waals surface area contributed by atoms with Gasteiger partial charge in [-0.3, -0.25) is 4.79 Å². The molecule has 0 rings (SSSR count). The first-order valence-corrected chi connectivity index (χ1v) is 6.87. The Balaban J connectivity index is 3.99. The number of rotatable bonds is 8. The SMILES string of the molecule is CCC[C@H](O)[C@H](CN[C@@H](C)C(=O)OC)SC. The third-order valence-corrected chi connectivity index (χ3v) is 3.58. The zero-order valence-electron chi connectivity index (χ0n) is 10.5. The Bertz CT molecular complexity index is 202. The largest absolute Gasteiger partial charge is 0.468 e. The van der Waals surface area contributed by atoms with Crippen molar-refractivity contribution in [3.05, 3.63) is 0 Å². The first-order chi connectivity index (χ1) is 7.56. The van der Waals surface area contributed by atoms with Crippen LogP contribution in [0.5, 0.6) is 0 Å². The smallest absolute Gasteiger partial charge is 0.322 e. The summed E-state index contributed by atoms with van der Waals surface area (Å²) in [4.78, 5) is 11.2.